The molecule has 1 aromatic carbocycles. The van der Waals surface area contributed by atoms with E-state index in [0.717, 1.165) is 11.8 Å². The first-order chi connectivity index (χ1) is 7.81. The van der Waals surface area contributed by atoms with E-state index in [4.69, 9.17) is 14.2 Å². The predicted molar refractivity (Wildman–Crippen MR) is 58.4 cm³/mol. The zero-order valence-corrected chi connectivity index (χ0v) is 8.99. The average molecular weight is 220 g/mol. The van der Waals surface area contributed by atoms with E-state index in [1.807, 2.05) is 6.07 Å². The standard InChI is InChI=1S/C12H12O4/c1-3-4-8-5-10-12(16-7-15-10)9(6-13)11(8)14-2/h3,5-6H,1,4,7H2,2H3. The van der Waals surface area contributed by atoms with Crippen molar-refractivity contribution < 1.29 is 19.0 Å². The summed E-state index contributed by atoms with van der Waals surface area (Å²) < 4.78 is 15.7. The van der Waals surface area contributed by atoms with Gasteiger partial charge < -0.3 is 14.2 Å². The van der Waals surface area contributed by atoms with Gasteiger partial charge in [0, 0.05) is 5.56 Å². The molecule has 0 aromatic heterocycles. The van der Waals surface area contributed by atoms with E-state index >= 15 is 0 Å². The summed E-state index contributed by atoms with van der Waals surface area (Å²) in [5.41, 5.74) is 1.26. The third kappa shape index (κ3) is 1.52. The second-order valence-corrected chi connectivity index (χ2v) is 3.33. The predicted octanol–water partition coefficient (Wildman–Crippen LogP) is 1.96. The lowest BCUT2D eigenvalue weighted by atomic mass is 10.0. The first-order valence-corrected chi connectivity index (χ1v) is 4.87. The fourth-order valence-electron chi connectivity index (χ4n) is 1.76. The molecule has 0 fully saturated rings. The van der Waals surface area contributed by atoms with Gasteiger partial charge in [0.2, 0.25) is 6.79 Å². The van der Waals surface area contributed by atoms with Gasteiger partial charge in [-0.1, -0.05) is 6.08 Å². The molecule has 1 heterocycles. The molecular formula is C12H12O4. The number of allylic oxidation sites excluding steroid dienone is 1. The van der Waals surface area contributed by atoms with E-state index in [1.54, 1.807) is 6.08 Å². The lowest BCUT2D eigenvalue weighted by Gasteiger charge is -2.11. The molecule has 0 N–H and O–H groups in total. The van der Waals surface area contributed by atoms with Crippen molar-refractivity contribution in [3.05, 3.63) is 29.8 Å². The van der Waals surface area contributed by atoms with E-state index in [0.29, 0.717) is 29.2 Å². The van der Waals surface area contributed by atoms with Gasteiger partial charge in [-0.15, -0.1) is 6.58 Å². The number of carbonyl (C=O) groups is 1. The van der Waals surface area contributed by atoms with Crippen LogP contribution in [0.3, 0.4) is 0 Å². The number of rotatable bonds is 4. The summed E-state index contributed by atoms with van der Waals surface area (Å²) in [6.45, 7) is 3.80. The van der Waals surface area contributed by atoms with Gasteiger partial charge in [0.05, 0.1) is 7.11 Å². The summed E-state index contributed by atoms with van der Waals surface area (Å²) in [6, 6.07) is 1.82. The van der Waals surface area contributed by atoms with Crippen LogP contribution in [0.15, 0.2) is 18.7 Å². The molecule has 4 heteroatoms. The number of methoxy groups -OCH3 is 1. The molecule has 1 aromatic rings. The molecule has 0 atom stereocenters. The first-order valence-electron chi connectivity index (χ1n) is 4.87. The number of hydrogen-bond acceptors (Lipinski definition) is 4. The topological polar surface area (TPSA) is 44.8 Å². The zero-order chi connectivity index (χ0) is 11.5. The van der Waals surface area contributed by atoms with Gasteiger partial charge in [-0.05, 0) is 12.5 Å². The summed E-state index contributed by atoms with van der Waals surface area (Å²) in [7, 11) is 1.52. The van der Waals surface area contributed by atoms with E-state index in [9.17, 15) is 4.79 Å². The van der Waals surface area contributed by atoms with Gasteiger partial charge in [-0.25, -0.2) is 0 Å². The van der Waals surface area contributed by atoms with Gasteiger partial charge >= 0.3 is 0 Å². The van der Waals surface area contributed by atoms with Crippen LogP contribution in [0, 0.1) is 0 Å². The number of benzene rings is 1. The number of fused-ring (bicyclic) bond motifs is 1. The van der Waals surface area contributed by atoms with Gasteiger partial charge in [-0.3, -0.25) is 4.79 Å². The molecule has 0 aliphatic carbocycles. The Labute approximate surface area is 93.4 Å². The molecule has 0 saturated heterocycles. The Bertz CT molecular complexity index is 437. The Morgan fingerprint density at radius 3 is 3.00 bits per heavy atom. The van der Waals surface area contributed by atoms with Crippen LogP contribution in [0.2, 0.25) is 0 Å². The van der Waals surface area contributed by atoms with Crippen LogP contribution in [-0.2, 0) is 6.42 Å². The van der Waals surface area contributed by atoms with Crippen LogP contribution in [0.5, 0.6) is 17.2 Å². The van der Waals surface area contributed by atoms with Gasteiger partial charge in [0.15, 0.2) is 17.8 Å². The Balaban J connectivity index is 2.63. The number of hydrogen-bond donors (Lipinski definition) is 0. The lowest BCUT2D eigenvalue weighted by Crippen LogP contribution is -1.98. The summed E-state index contributed by atoms with van der Waals surface area (Å²) in [6.07, 6.45) is 3.08. The lowest BCUT2D eigenvalue weighted by molar-refractivity contribution is 0.111. The molecule has 0 spiro atoms. The smallest absolute Gasteiger partial charge is 0.231 e. The van der Waals surface area contributed by atoms with E-state index in [-0.39, 0.29) is 6.79 Å². The van der Waals surface area contributed by atoms with Gasteiger partial charge in [0.1, 0.15) is 11.3 Å². The molecule has 0 unspecified atom stereocenters. The fraction of sp³-hybridized carbons (Fsp3) is 0.250. The van der Waals surface area contributed by atoms with Crippen LogP contribution in [0.25, 0.3) is 0 Å². The summed E-state index contributed by atoms with van der Waals surface area (Å²) in [4.78, 5) is 11.1. The van der Waals surface area contributed by atoms with Crippen LogP contribution < -0.4 is 14.2 Å². The highest BCUT2D eigenvalue weighted by atomic mass is 16.7. The van der Waals surface area contributed by atoms with Gasteiger partial charge in [-0.2, -0.15) is 0 Å². The highest BCUT2D eigenvalue weighted by Crippen LogP contribution is 2.42. The minimum Gasteiger partial charge on any atom is -0.496 e. The third-order valence-corrected chi connectivity index (χ3v) is 2.41. The SMILES string of the molecule is C=CCc1cc2c(c(C=O)c1OC)OCO2. The monoisotopic (exact) mass is 220 g/mol. The van der Waals surface area contributed by atoms with Crippen molar-refractivity contribution in [2.24, 2.45) is 0 Å². The molecule has 4 nitrogen and oxygen atoms in total. The quantitative estimate of drug-likeness (QED) is 0.574. The minimum absolute atomic E-state index is 0.136. The first kappa shape index (κ1) is 10.5. The molecule has 1 aliphatic rings. The van der Waals surface area contributed by atoms with Gasteiger partial charge in [0.25, 0.3) is 0 Å². The number of carbonyl (C=O) groups excluding carboxylic acids is 1. The maximum atomic E-state index is 11.1. The Hall–Kier alpha value is -1.97. The molecule has 0 bridgehead atoms. The van der Waals surface area contributed by atoms with Crippen molar-refractivity contribution in [2.45, 2.75) is 6.42 Å². The minimum atomic E-state index is 0.136. The molecule has 84 valence electrons. The molecule has 1 aliphatic heterocycles. The van der Waals surface area contributed by atoms with Crippen LogP contribution in [-0.4, -0.2) is 20.2 Å². The highest BCUT2D eigenvalue weighted by Gasteiger charge is 2.24. The van der Waals surface area contributed by atoms with E-state index < -0.39 is 0 Å². The summed E-state index contributed by atoms with van der Waals surface area (Å²) >= 11 is 0. The highest BCUT2D eigenvalue weighted by molar-refractivity contribution is 5.87. The molecule has 0 saturated carbocycles. The fourth-order valence-corrected chi connectivity index (χ4v) is 1.76. The molecule has 16 heavy (non-hydrogen) atoms. The van der Waals surface area contributed by atoms with Crippen molar-refractivity contribution in [3.8, 4) is 17.2 Å². The maximum absolute atomic E-state index is 11.1. The van der Waals surface area contributed by atoms with Crippen molar-refractivity contribution in [1.82, 2.24) is 0 Å². The molecule has 0 amide bonds. The van der Waals surface area contributed by atoms with E-state index in [2.05, 4.69) is 6.58 Å². The second kappa shape index (κ2) is 4.26. The normalized spacial score (nSPS) is 12.3. The molecule has 2 rings (SSSR count). The van der Waals surface area contributed by atoms with Crippen LogP contribution in [0.4, 0.5) is 0 Å². The Morgan fingerprint density at radius 1 is 1.56 bits per heavy atom. The largest absolute Gasteiger partial charge is 0.496 e. The summed E-state index contributed by atoms with van der Waals surface area (Å²) in [5.74, 6) is 1.57. The number of aldehydes is 1. The van der Waals surface area contributed by atoms with Crippen molar-refractivity contribution in [3.63, 3.8) is 0 Å². The second-order valence-electron chi connectivity index (χ2n) is 3.33. The maximum Gasteiger partial charge on any atom is 0.231 e. The molecule has 0 radical (unpaired) electrons. The van der Waals surface area contributed by atoms with Crippen LogP contribution >= 0.6 is 0 Å². The third-order valence-electron chi connectivity index (χ3n) is 2.41. The van der Waals surface area contributed by atoms with Crippen LogP contribution in [0.1, 0.15) is 15.9 Å². The Morgan fingerprint density at radius 2 is 2.38 bits per heavy atom. The zero-order valence-electron chi connectivity index (χ0n) is 8.99. The van der Waals surface area contributed by atoms with E-state index in [1.165, 1.54) is 7.11 Å². The van der Waals surface area contributed by atoms with Crippen molar-refractivity contribution in [2.75, 3.05) is 13.9 Å². The average Bonchev–Trinajstić information content (AvgIpc) is 2.75. The van der Waals surface area contributed by atoms with Crippen molar-refractivity contribution >= 4 is 6.29 Å². The number of ether oxygens (including phenoxy) is 3. The molecular weight excluding hydrogens is 208 g/mol. The van der Waals surface area contributed by atoms with Crippen molar-refractivity contribution in [1.29, 1.82) is 0 Å². The summed E-state index contributed by atoms with van der Waals surface area (Å²) in [5, 5.41) is 0. The Kier molecular flexibility index (Phi) is 2.81.